The highest BCUT2D eigenvalue weighted by Gasteiger charge is 2.21. The van der Waals surface area contributed by atoms with Crippen LogP contribution in [0.4, 0.5) is 5.13 Å². The summed E-state index contributed by atoms with van der Waals surface area (Å²) in [4.78, 5) is 4.47. The van der Waals surface area contributed by atoms with Crippen molar-refractivity contribution in [3.8, 4) is 0 Å². The summed E-state index contributed by atoms with van der Waals surface area (Å²) in [5, 5.41) is 4.32. The van der Waals surface area contributed by atoms with Gasteiger partial charge in [0, 0.05) is 7.05 Å². The number of hydrogen-bond acceptors (Lipinski definition) is 5. The number of sulfonamides is 1. The van der Waals surface area contributed by atoms with Gasteiger partial charge in [-0.25, -0.2) is 13.4 Å². The minimum atomic E-state index is -3.67. The maximum absolute atomic E-state index is 12.4. The lowest BCUT2D eigenvalue weighted by molar-refractivity contribution is 0.600. The fraction of sp³-hybridized carbons (Fsp3) is 0.231. The normalized spacial score (nSPS) is 12.0. The number of hydrogen-bond donors (Lipinski definition) is 1. The Kier molecular flexibility index (Phi) is 3.22. The van der Waals surface area contributed by atoms with E-state index in [1.165, 1.54) is 22.2 Å². The molecule has 3 aromatic rings. The summed E-state index contributed by atoms with van der Waals surface area (Å²) in [5.41, 5.74) is 2.48. The Balaban J connectivity index is 1.99. The molecule has 0 amide bonds. The Morgan fingerprint density at radius 1 is 1.29 bits per heavy atom. The summed E-state index contributed by atoms with van der Waals surface area (Å²) in [5.74, 6) is 0. The predicted octanol–water partition coefficient (Wildman–Crippen LogP) is 2.45. The first-order chi connectivity index (χ1) is 9.87. The van der Waals surface area contributed by atoms with Crippen LogP contribution in [0.15, 0.2) is 29.3 Å². The molecular formula is C13H14N4O2S2. The van der Waals surface area contributed by atoms with E-state index in [2.05, 4.69) is 14.8 Å². The van der Waals surface area contributed by atoms with Crippen LogP contribution in [0.25, 0.3) is 10.2 Å². The topological polar surface area (TPSA) is 76.9 Å². The van der Waals surface area contributed by atoms with Gasteiger partial charge in [-0.3, -0.25) is 9.40 Å². The molecule has 0 aliphatic carbocycles. The average molecular weight is 322 g/mol. The summed E-state index contributed by atoms with van der Waals surface area (Å²) >= 11 is 1.32. The fourth-order valence-electron chi connectivity index (χ4n) is 1.99. The third-order valence-electron chi connectivity index (χ3n) is 3.25. The molecule has 0 radical (unpaired) electrons. The SMILES string of the molecule is Cc1ccc2nc(NS(=O)(=O)c3cnn(C)c3C)sc2c1. The number of aromatic nitrogens is 3. The van der Waals surface area contributed by atoms with Crippen LogP contribution in [0.3, 0.4) is 0 Å². The summed E-state index contributed by atoms with van der Waals surface area (Å²) < 4.78 is 29.8. The standard InChI is InChI=1S/C13H14N4O2S2/c1-8-4-5-10-11(6-8)20-13(15-10)16-21(18,19)12-7-14-17(3)9(12)2/h4-7H,1-3H3,(H,15,16). The number of fused-ring (bicyclic) bond motifs is 1. The molecular weight excluding hydrogens is 308 g/mol. The number of nitrogens with zero attached hydrogens (tertiary/aromatic N) is 3. The van der Waals surface area contributed by atoms with Crippen LogP contribution in [-0.4, -0.2) is 23.2 Å². The zero-order valence-electron chi connectivity index (χ0n) is 11.8. The van der Waals surface area contributed by atoms with E-state index in [-0.39, 0.29) is 4.90 Å². The Bertz CT molecular complexity index is 925. The Labute approximate surface area is 126 Å². The number of rotatable bonds is 3. The first-order valence-electron chi connectivity index (χ1n) is 6.25. The molecule has 6 nitrogen and oxygen atoms in total. The lowest BCUT2D eigenvalue weighted by Gasteiger charge is -2.03. The van der Waals surface area contributed by atoms with Crippen molar-refractivity contribution in [1.29, 1.82) is 0 Å². The van der Waals surface area contributed by atoms with E-state index in [1.54, 1.807) is 14.0 Å². The summed E-state index contributed by atoms with van der Waals surface area (Å²) in [6.07, 6.45) is 1.34. The number of aryl methyl sites for hydroxylation is 2. The van der Waals surface area contributed by atoms with Crippen LogP contribution in [0, 0.1) is 13.8 Å². The highest BCUT2D eigenvalue weighted by atomic mass is 32.2. The second kappa shape index (κ2) is 4.81. The molecule has 2 aromatic heterocycles. The van der Waals surface area contributed by atoms with E-state index in [0.717, 1.165) is 15.8 Å². The third-order valence-corrected chi connectivity index (χ3v) is 5.75. The second-order valence-electron chi connectivity index (χ2n) is 4.81. The molecule has 0 saturated carbocycles. The molecule has 0 saturated heterocycles. The van der Waals surface area contributed by atoms with E-state index in [4.69, 9.17) is 0 Å². The van der Waals surface area contributed by atoms with Crippen molar-refractivity contribution < 1.29 is 8.42 Å². The first kappa shape index (κ1) is 14.0. The monoisotopic (exact) mass is 322 g/mol. The van der Waals surface area contributed by atoms with Gasteiger partial charge in [-0.15, -0.1) is 0 Å². The van der Waals surface area contributed by atoms with Crippen LogP contribution < -0.4 is 4.72 Å². The summed E-state index contributed by atoms with van der Waals surface area (Å²) in [6, 6.07) is 5.82. The van der Waals surface area contributed by atoms with Gasteiger partial charge in [0.15, 0.2) is 5.13 Å². The molecule has 0 unspecified atom stereocenters. The Morgan fingerprint density at radius 2 is 2.05 bits per heavy atom. The van der Waals surface area contributed by atoms with Gasteiger partial charge in [-0.2, -0.15) is 5.10 Å². The van der Waals surface area contributed by atoms with Crippen LogP contribution >= 0.6 is 11.3 Å². The van der Waals surface area contributed by atoms with Gasteiger partial charge in [0.1, 0.15) is 4.90 Å². The number of thiazole rings is 1. The van der Waals surface area contributed by atoms with Gasteiger partial charge in [0.05, 0.1) is 22.1 Å². The fourth-order valence-corrected chi connectivity index (χ4v) is 4.39. The molecule has 3 rings (SSSR count). The van der Waals surface area contributed by atoms with E-state index in [9.17, 15) is 8.42 Å². The molecule has 1 N–H and O–H groups in total. The van der Waals surface area contributed by atoms with E-state index in [0.29, 0.717) is 10.8 Å². The van der Waals surface area contributed by atoms with E-state index < -0.39 is 10.0 Å². The predicted molar refractivity (Wildman–Crippen MR) is 83.1 cm³/mol. The van der Waals surface area contributed by atoms with Gasteiger partial charge in [0.2, 0.25) is 0 Å². The molecule has 0 spiro atoms. The lowest BCUT2D eigenvalue weighted by atomic mass is 10.2. The highest BCUT2D eigenvalue weighted by molar-refractivity contribution is 7.93. The zero-order chi connectivity index (χ0) is 15.2. The quantitative estimate of drug-likeness (QED) is 0.803. The van der Waals surface area contributed by atoms with Crippen molar-refractivity contribution >= 4 is 36.7 Å². The number of nitrogens with one attached hydrogen (secondary N) is 1. The molecule has 0 aliphatic heterocycles. The van der Waals surface area contributed by atoms with Crippen molar-refractivity contribution in [3.63, 3.8) is 0 Å². The number of anilines is 1. The maximum atomic E-state index is 12.4. The van der Waals surface area contributed by atoms with Gasteiger partial charge < -0.3 is 0 Å². The maximum Gasteiger partial charge on any atom is 0.267 e. The summed E-state index contributed by atoms with van der Waals surface area (Å²) in [6.45, 7) is 3.70. The van der Waals surface area contributed by atoms with E-state index in [1.807, 2.05) is 25.1 Å². The molecule has 0 atom stereocenters. The van der Waals surface area contributed by atoms with Gasteiger partial charge in [-0.1, -0.05) is 17.4 Å². The average Bonchev–Trinajstić information content (AvgIpc) is 2.93. The van der Waals surface area contributed by atoms with Crippen molar-refractivity contribution in [2.75, 3.05) is 4.72 Å². The van der Waals surface area contributed by atoms with Crippen LogP contribution in [-0.2, 0) is 17.1 Å². The molecule has 21 heavy (non-hydrogen) atoms. The zero-order valence-corrected chi connectivity index (χ0v) is 13.4. The van der Waals surface area contributed by atoms with Crippen molar-refractivity contribution in [3.05, 3.63) is 35.7 Å². The molecule has 8 heteroatoms. The minimum Gasteiger partial charge on any atom is -0.272 e. The Hall–Kier alpha value is -1.93. The Morgan fingerprint density at radius 3 is 2.71 bits per heavy atom. The second-order valence-corrected chi connectivity index (χ2v) is 7.50. The van der Waals surface area contributed by atoms with E-state index >= 15 is 0 Å². The van der Waals surface area contributed by atoms with Crippen molar-refractivity contribution in [2.24, 2.45) is 7.05 Å². The molecule has 0 bridgehead atoms. The van der Waals surface area contributed by atoms with Gasteiger partial charge in [-0.05, 0) is 31.5 Å². The molecule has 2 heterocycles. The highest BCUT2D eigenvalue weighted by Crippen LogP contribution is 2.28. The lowest BCUT2D eigenvalue weighted by Crippen LogP contribution is -2.13. The molecule has 0 aliphatic rings. The van der Waals surface area contributed by atoms with Crippen LogP contribution in [0.5, 0.6) is 0 Å². The largest absolute Gasteiger partial charge is 0.272 e. The minimum absolute atomic E-state index is 0.167. The van der Waals surface area contributed by atoms with Crippen LogP contribution in [0.1, 0.15) is 11.3 Å². The smallest absolute Gasteiger partial charge is 0.267 e. The molecule has 110 valence electrons. The first-order valence-corrected chi connectivity index (χ1v) is 8.55. The molecule has 1 aromatic carbocycles. The van der Waals surface area contributed by atoms with Crippen molar-refractivity contribution in [2.45, 2.75) is 18.7 Å². The van der Waals surface area contributed by atoms with Gasteiger partial charge in [0.25, 0.3) is 10.0 Å². The number of benzene rings is 1. The third kappa shape index (κ3) is 2.52. The van der Waals surface area contributed by atoms with Crippen molar-refractivity contribution in [1.82, 2.24) is 14.8 Å². The molecule has 0 fully saturated rings. The summed E-state index contributed by atoms with van der Waals surface area (Å²) in [7, 11) is -1.96. The van der Waals surface area contributed by atoms with Gasteiger partial charge >= 0.3 is 0 Å². The van der Waals surface area contributed by atoms with Crippen LogP contribution in [0.2, 0.25) is 0 Å².